The van der Waals surface area contributed by atoms with Crippen molar-refractivity contribution in [1.82, 2.24) is 4.90 Å². The minimum atomic E-state index is 0.0677. The zero-order chi connectivity index (χ0) is 11.7. The fraction of sp³-hybridized carbons (Fsp3) is 0.385. The molecule has 4 heteroatoms. The second-order valence-corrected chi connectivity index (χ2v) is 4.43. The van der Waals surface area contributed by atoms with Crippen molar-refractivity contribution in [3.63, 3.8) is 0 Å². The Labute approximate surface area is 101 Å². The van der Waals surface area contributed by atoms with Gasteiger partial charge in [0, 0.05) is 13.1 Å². The van der Waals surface area contributed by atoms with E-state index in [1.807, 2.05) is 30.3 Å². The largest absolute Gasteiger partial charge is 0.358 e. The first-order valence-corrected chi connectivity index (χ1v) is 6.05. The van der Waals surface area contributed by atoms with Gasteiger partial charge in [-0.05, 0) is 25.0 Å². The molecule has 4 nitrogen and oxygen atoms in total. The molecule has 88 valence electrons. The first-order chi connectivity index (χ1) is 8.34. The van der Waals surface area contributed by atoms with Gasteiger partial charge in [0.05, 0.1) is 12.1 Å². The van der Waals surface area contributed by atoms with Crippen LogP contribution in [0.15, 0.2) is 35.4 Å². The Morgan fingerprint density at radius 1 is 1.06 bits per heavy atom. The number of carbonyl (C=O) groups is 1. The van der Waals surface area contributed by atoms with Crippen molar-refractivity contribution in [1.29, 1.82) is 0 Å². The summed E-state index contributed by atoms with van der Waals surface area (Å²) in [6, 6.07) is 9.61. The first kappa shape index (κ1) is 10.3. The van der Waals surface area contributed by atoms with Crippen molar-refractivity contribution in [3.8, 4) is 0 Å². The molecule has 1 aromatic carbocycles. The second-order valence-electron chi connectivity index (χ2n) is 4.43. The van der Waals surface area contributed by atoms with E-state index in [4.69, 9.17) is 0 Å². The molecule has 2 heterocycles. The number of carbonyl (C=O) groups excluding carboxylic acids is 1. The number of hydrogen-bond acceptors (Lipinski definition) is 3. The van der Waals surface area contributed by atoms with Crippen LogP contribution in [0.2, 0.25) is 0 Å². The van der Waals surface area contributed by atoms with Gasteiger partial charge in [0.25, 0.3) is 5.91 Å². The number of hydrazone groups is 1. The standard InChI is InChI=1S/C13H15N3O/c17-13-10-12(15-8-4-5-9-15)14-16(13)11-6-2-1-3-7-11/h1-3,6-7H,4-5,8-10H2. The van der Waals surface area contributed by atoms with E-state index in [9.17, 15) is 4.79 Å². The molecular weight excluding hydrogens is 214 g/mol. The number of amidine groups is 1. The lowest BCUT2D eigenvalue weighted by atomic mass is 10.3. The Hall–Kier alpha value is -1.84. The van der Waals surface area contributed by atoms with Crippen LogP contribution >= 0.6 is 0 Å². The summed E-state index contributed by atoms with van der Waals surface area (Å²) in [5.41, 5.74) is 0.853. The van der Waals surface area contributed by atoms with E-state index < -0.39 is 0 Å². The molecule has 3 rings (SSSR count). The van der Waals surface area contributed by atoms with E-state index in [-0.39, 0.29) is 5.91 Å². The smallest absolute Gasteiger partial charge is 0.255 e. The fourth-order valence-electron chi connectivity index (χ4n) is 2.34. The summed E-state index contributed by atoms with van der Waals surface area (Å²) in [6.07, 6.45) is 2.85. The van der Waals surface area contributed by atoms with Crippen LogP contribution in [0.5, 0.6) is 0 Å². The van der Waals surface area contributed by atoms with Gasteiger partial charge < -0.3 is 4.90 Å². The summed E-state index contributed by atoms with van der Waals surface area (Å²) in [4.78, 5) is 14.1. The molecule has 0 radical (unpaired) electrons. The average Bonchev–Trinajstić information content (AvgIpc) is 2.99. The molecule has 17 heavy (non-hydrogen) atoms. The van der Waals surface area contributed by atoms with Crippen LogP contribution < -0.4 is 5.01 Å². The summed E-state index contributed by atoms with van der Waals surface area (Å²) < 4.78 is 0. The number of nitrogens with zero attached hydrogens (tertiary/aromatic N) is 3. The molecule has 1 fully saturated rings. The number of benzene rings is 1. The molecule has 0 atom stereocenters. The third kappa shape index (κ3) is 1.90. The molecule has 0 saturated carbocycles. The zero-order valence-electron chi connectivity index (χ0n) is 9.67. The van der Waals surface area contributed by atoms with Gasteiger partial charge in [-0.3, -0.25) is 4.79 Å². The van der Waals surface area contributed by atoms with Crippen molar-refractivity contribution < 1.29 is 4.79 Å². The highest BCUT2D eigenvalue weighted by Gasteiger charge is 2.29. The van der Waals surface area contributed by atoms with Crippen LogP contribution in [0.4, 0.5) is 5.69 Å². The van der Waals surface area contributed by atoms with Crippen molar-refractivity contribution >= 4 is 17.4 Å². The Morgan fingerprint density at radius 2 is 1.76 bits per heavy atom. The summed E-state index contributed by atoms with van der Waals surface area (Å²) in [5.74, 6) is 0.995. The van der Waals surface area contributed by atoms with Crippen LogP contribution in [0.25, 0.3) is 0 Å². The molecule has 2 aliphatic heterocycles. The molecule has 0 spiro atoms. The van der Waals surface area contributed by atoms with E-state index in [1.54, 1.807) is 0 Å². The summed E-state index contributed by atoms with van der Waals surface area (Å²) in [7, 11) is 0. The van der Waals surface area contributed by atoms with E-state index in [0.717, 1.165) is 24.6 Å². The van der Waals surface area contributed by atoms with Crippen LogP contribution in [0.3, 0.4) is 0 Å². The van der Waals surface area contributed by atoms with Gasteiger partial charge in [-0.1, -0.05) is 18.2 Å². The minimum Gasteiger partial charge on any atom is -0.358 e. The van der Waals surface area contributed by atoms with E-state index >= 15 is 0 Å². The number of likely N-dealkylation sites (tertiary alicyclic amines) is 1. The zero-order valence-corrected chi connectivity index (χ0v) is 9.67. The topological polar surface area (TPSA) is 35.9 Å². The van der Waals surface area contributed by atoms with E-state index in [2.05, 4.69) is 10.0 Å². The Balaban J connectivity index is 1.84. The highest BCUT2D eigenvalue weighted by Crippen LogP contribution is 2.22. The van der Waals surface area contributed by atoms with Crippen LogP contribution in [-0.4, -0.2) is 29.7 Å². The molecule has 0 N–H and O–H groups in total. The third-order valence-corrected chi connectivity index (χ3v) is 3.23. The van der Waals surface area contributed by atoms with Gasteiger partial charge in [-0.25, -0.2) is 0 Å². The van der Waals surface area contributed by atoms with Crippen LogP contribution in [-0.2, 0) is 4.79 Å². The number of rotatable bonds is 1. The van der Waals surface area contributed by atoms with E-state index in [1.165, 1.54) is 17.9 Å². The monoisotopic (exact) mass is 229 g/mol. The predicted molar refractivity (Wildman–Crippen MR) is 66.8 cm³/mol. The van der Waals surface area contributed by atoms with Gasteiger partial charge in [-0.15, -0.1) is 0 Å². The first-order valence-electron chi connectivity index (χ1n) is 6.05. The molecule has 2 aliphatic rings. The number of hydrogen-bond donors (Lipinski definition) is 0. The molecular formula is C13H15N3O. The summed E-state index contributed by atoms with van der Waals surface area (Å²) in [6.45, 7) is 2.07. The second kappa shape index (κ2) is 4.20. The normalized spacial score (nSPS) is 20.0. The van der Waals surface area contributed by atoms with Crippen LogP contribution in [0.1, 0.15) is 19.3 Å². The number of anilines is 1. The highest BCUT2D eigenvalue weighted by atomic mass is 16.2. The third-order valence-electron chi connectivity index (χ3n) is 3.23. The quantitative estimate of drug-likeness (QED) is 0.736. The molecule has 1 saturated heterocycles. The average molecular weight is 229 g/mol. The van der Waals surface area contributed by atoms with Crippen molar-refractivity contribution in [3.05, 3.63) is 30.3 Å². The fourth-order valence-corrected chi connectivity index (χ4v) is 2.34. The molecule has 0 aromatic heterocycles. The number of para-hydroxylation sites is 1. The lowest BCUT2D eigenvalue weighted by Gasteiger charge is -2.15. The summed E-state index contributed by atoms with van der Waals surface area (Å²) >= 11 is 0. The van der Waals surface area contributed by atoms with Gasteiger partial charge in [0.1, 0.15) is 5.84 Å². The Bertz CT molecular complexity index is 449. The lowest BCUT2D eigenvalue weighted by molar-refractivity contribution is -0.116. The van der Waals surface area contributed by atoms with Gasteiger partial charge in [-0.2, -0.15) is 10.1 Å². The maximum absolute atomic E-state index is 11.9. The number of amides is 1. The SMILES string of the molecule is O=C1CC(N2CCCC2)=NN1c1ccccc1. The van der Waals surface area contributed by atoms with Crippen molar-refractivity contribution in [2.75, 3.05) is 18.1 Å². The predicted octanol–water partition coefficient (Wildman–Crippen LogP) is 1.83. The molecule has 1 amide bonds. The van der Waals surface area contributed by atoms with Gasteiger partial charge in [0.15, 0.2) is 0 Å². The minimum absolute atomic E-state index is 0.0677. The molecule has 0 unspecified atom stereocenters. The van der Waals surface area contributed by atoms with Gasteiger partial charge in [0.2, 0.25) is 0 Å². The Morgan fingerprint density at radius 3 is 2.47 bits per heavy atom. The lowest BCUT2D eigenvalue weighted by Crippen LogP contribution is -2.26. The van der Waals surface area contributed by atoms with Gasteiger partial charge >= 0.3 is 0 Å². The Kier molecular flexibility index (Phi) is 2.55. The van der Waals surface area contributed by atoms with Crippen molar-refractivity contribution in [2.24, 2.45) is 5.10 Å². The molecule has 0 bridgehead atoms. The van der Waals surface area contributed by atoms with Crippen molar-refractivity contribution in [2.45, 2.75) is 19.3 Å². The van der Waals surface area contributed by atoms with E-state index in [0.29, 0.717) is 6.42 Å². The van der Waals surface area contributed by atoms with Crippen LogP contribution in [0, 0.1) is 0 Å². The highest BCUT2D eigenvalue weighted by molar-refractivity contribution is 6.12. The molecule has 0 aliphatic carbocycles. The molecule has 1 aromatic rings. The summed E-state index contributed by atoms with van der Waals surface area (Å²) in [5, 5.41) is 5.97. The maximum Gasteiger partial charge on any atom is 0.255 e. The maximum atomic E-state index is 11.9.